The van der Waals surface area contributed by atoms with Crippen LogP contribution in [0.1, 0.15) is 59.3 Å². The molecule has 2 heteroatoms. The minimum atomic E-state index is -0.0921. The minimum Gasteiger partial charge on any atom is -0.469 e. The summed E-state index contributed by atoms with van der Waals surface area (Å²) in [5.41, 5.74) is 0.0981. The summed E-state index contributed by atoms with van der Waals surface area (Å²) in [5, 5.41) is 0. The van der Waals surface area contributed by atoms with Crippen LogP contribution < -0.4 is 0 Å². The SMILES string of the molecule is CCCCCCC(C)(C)CC(=O)OC. The van der Waals surface area contributed by atoms with Gasteiger partial charge in [-0.15, -0.1) is 0 Å². The molecule has 0 unspecified atom stereocenters. The summed E-state index contributed by atoms with van der Waals surface area (Å²) in [6.45, 7) is 6.48. The van der Waals surface area contributed by atoms with Gasteiger partial charge in [0.15, 0.2) is 0 Å². The highest BCUT2D eigenvalue weighted by molar-refractivity contribution is 5.69. The second-order valence-corrected chi connectivity index (χ2v) is 4.73. The molecule has 0 radical (unpaired) electrons. The van der Waals surface area contributed by atoms with Gasteiger partial charge in [0.1, 0.15) is 0 Å². The molecule has 0 rings (SSSR count). The van der Waals surface area contributed by atoms with E-state index in [0.29, 0.717) is 6.42 Å². The number of hydrogen-bond acceptors (Lipinski definition) is 2. The number of methoxy groups -OCH3 is 1. The Balaban J connectivity index is 3.66. The Morgan fingerprint density at radius 1 is 1.21 bits per heavy atom. The average Bonchev–Trinajstić information content (AvgIpc) is 2.12. The summed E-state index contributed by atoms with van der Waals surface area (Å²) >= 11 is 0. The third-order valence-corrected chi connectivity index (χ3v) is 2.56. The summed E-state index contributed by atoms with van der Waals surface area (Å²) in [6.07, 6.45) is 6.71. The van der Waals surface area contributed by atoms with E-state index in [0.717, 1.165) is 6.42 Å². The number of rotatable bonds is 7. The van der Waals surface area contributed by atoms with Crippen molar-refractivity contribution in [2.75, 3.05) is 7.11 Å². The highest BCUT2D eigenvalue weighted by Gasteiger charge is 2.21. The van der Waals surface area contributed by atoms with Gasteiger partial charge in [0, 0.05) is 0 Å². The zero-order chi connectivity index (χ0) is 11.0. The highest BCUT2D eigenvalue weighted by Crippen LogP contribution is 2.28. The quantitative estimate of drug-likeness (QED) is 0.464. The molecule has 0 atom stereocenters. The monoisotopic (exact) mass is 200 g/mol. The molecule has 0 saturated heterocycles. The minimum absolute atomic E-state index is 0.0921. The van der Waals surface area contributed by atoms with Crippen molar-refractivity contribution in [2.24, 2.45) is 5.41 Å². The molecule has 2 nitrogen and oxygen atoms in total. The maximum Gasteiger partial charge on any atom is 0.306 e. The van der Waals surface area contributed by atoms with E-state index in [2.05, 4.69) is 25.5 Å². The molecule has 14 heavy (non-hydrogen) atoms. The van der Waals surface area contributed by atoms with Gasteiger partial charge in [-0.25, -0.2) is 0 Å². The Kier molecular flexibility index (Phi) is 6.60. The zero-order valence-corrected chi connectivity index (χ0v) is 10.1. The van der Waals surface area contributed by atoms with E-state index < -0.39 is 0 Å². The van der Waals surface area contributed by atoms with E-state index in [1.165, 1.54) is 32.8 Å². The molecule has 0 aliphatic carbocycles. The molecule has 0 bridgehead atoms. The van der Waals surface area contributed by atoms with E-state index >= 15 is 0 Å². The van der Waals surface area contributed by atoms with Crippen molar-refractivity contribution in [1.82, 2.24) is 0 Å². The van der Waals surface area contributed by atoms with Crippen LogP contribution in [0, 0.1) is 5.41 Å². The van der Waals surface area contributed by atoms with Crippen molar-refractivity contribution in [3.05, 3.63) is 0 Å². The lowest BCUT2D eigenvalue weighted by molar-refractivity contribution is -0.143. The van der Waals surface area contributed by atoms with Gasteiger partial charge in [-0.05, 0) is 11.8 Å². The molecule has 0 spiro atoms. The van der Waals surface area contributed by atoms with Crippen molar-refractivity contribution in [3.8, 4) is 0 Å². The van der Waals surface area contributed by atoms with Gasteiger partial charge in [-0.3, -0.25) is 4.79 Å². The molecule has 0 heterocycles. The summed E-state index contributed by atoms with van der Waals surface area (Å²) < 4.78 is 4.67. The van der Waals surface area contributed by atoms with Crippen LogP contribution >= 0.6 is 0 Å². The van der Waals surface area contributed by atoms with Crippen molar-refractivity contribution in [2.45, 2.75) is 59.3 Å². The number of carbonyl (C=O) groups excluding carboxylic acids is 1. The molecule has 84 valence electrons. The van der Waals surface area contributed by atoms with Gasteiger partial charge in [0.05, 0.1) is 13.5 Å². The Hall–Kier alpha value is -0.530. The second-order valence-electron chi connectivity index (χ2n) is 4.73. The molecule has 0 aromatic rings. The lowest BCUT2D eigenvalue weighted by atomic mass is 9.83. The predicted molar refractivity (Wildman–Crippen MR) is 59.2 cm³/mol. The van der Waals surface area contributed by atoms with E-state index in [4.69, 9.17) is 0 Å². The van der Waals surface area contributed by atoms with E-state index in [-0.39, 0.29) is 11.4 Å². The van der Waals surface area contributed by atoms with E-state index in [1.807, 2.05) is 0 Å². The normalized spacial score (nSPS) is 11.4. The molecule has 0 fully saturated rings. The van der Waals surface area contributed by atoms with Crippen molar-refractivity contribution in [1.29, 1.82) is 0 Å². The van der Waals surface area contributed by atoms with Gasteiger partial charge in [0.2, 0.25) is 0 Å². The molecular weight excluding hydrogens is 176 g/mol. The fourth-order valence-electron chi connectivity index (χ4n) is 1.58. The van der Waals surface area contributed by atoms with E-state index in [1.54, 1.807) is 0 Å². The number of esters is 1. The molecule has 0 aromatic heterocycles. The molecule has 0 aliphatic rings. The third kappa shape index (κ3) is 6.93. The Morgan fingerprint density at radius 3 is 2.36 bits per heavy atom. The fraction of sp³-hybridized carbons (Fsp3) is 0.917. The Bertz CT molecular complexity index is 162. The van der Waals surface area contributed by atoms with Crippen molar-refractivity contribution in [3.63, 3.8) is 0 Å². The smallest absolute Gasteiger partial charge is 0.306 e. The van der Waals surface area contributed by atoms with Crippen LogP contribution in [0.3, 0.4) is 0 Å². The van der Waals surface area contributed by atoms with Crippen LogP contribution in [0.2, 0.25) is 0 Å². The van der Waals surface area contributed by atoms with Gasteiger partial charge in [0.25, 0.3) is 0 Å². The summed E-state index contributed by atoms with van der Waals surface area (Å²) in [7, 11) is 1.45. The predicted octanol–water partition coefficient (Wildman–Crippen LogP) is 3.55. The first kappa shape index (κ1) is 13.5. The molecular formula is C12H24O2. The van der Waals surface area contributed by atoms with Gasteiger partial charge < -0.3 is 4.74 Å². The van der Waals surface area contributed by atoms with Crippen molar-refractivity contribution >= 4 is 5.97 Å². The Morgan fingerprint density at radius 2 is 1.86 bits per heavy atom. The molecule has 0 N–H and O–H groups in total. The first-order valence-electron chi connectivity index (χ1n) is 5.58. The van der Waals surface area contributed by atoms with Crippen LogP contribution in [-0.4, -0.2) is 13.1 Å². The zero-order valence-electron chi connectivity index (χ0n) is 10.1. The second kappa shape index (κ2) is 6.86. The first-order chi connectivity index (χ1) is 6.52. The molecule has 0 saturated carbocycles. The van der Waals surface area contributed by atoms with Crippen LogP contribution in [0.15, 0.2) is 0 Å². The molecule has 0 aromatic carbocycles. The van der Waals surface area contributed by atoms with Crippen LogP contribution in [0.5, 0.6) is 0 Å². The maximum atomic E-state index is 11.1. The maximum absolute atomic E-state index is 11.1. The highest BCUT2D eigenvalue weighted by atomic mass is 16.5. The van der Waals surface area contributed by atoms with Gasteiger partial charge in [-0.2, -0.15) is 0 Å². The van der Waals surface area contributed by atoms with Gasteiger partial charge in [-0.1, -0.05) is 46.5 Å². The number of carbonyl (C=O) groups is 1. The number of ether oxygens (including phenoxy) is 1. The first-order valence-corrected chi connectivity index (χ1v) is 5.58. The number of unbranched alkanes of at least 4 members (excludes halogenated alkanes) is 3. The number of hydrogen-bond donors (Lipinski definition) is 0. The lowest BCUT2D eigenvalue weighted by Crippen LogP contribution is -2.17. The third-order valence-electron chi connectivity index (χ3n) is 2.56. The molecule has 0 aliphatic heterocycles. The van der Waals surface area contributed by atoms with E-state index in [9.17, 15) is 4.79 Å². The largest absolute Gasteiger partial charge is 0.469 e. The summed E-state index contributed by atoms with van der Waals surface area (Å²) in [6, 6.07) is 0. The molecule has 0 amide bonds. The fourth-order valence-corrected chi connectivity index (χ4v) is 1.58. The lowest BCUT2D eigenvalue weighted by Gasteiger charge is -2.22. The standard InChI is InChI=1S/C12H24O2/c1-5-6-7-8-9-12(2,3)10-11(13)14-4/h5-10H2,1-4H3. The van der Waals surface area contributed by atoms with Crippen molar-refractivity contribution < 1.29 is 9.53 Å². The van der Waals surface area contributed by atoms with Crippen LogP contribution in [-0.2, 0) is 9.53 Å². The van der Waals surface area contributed by atoms with Gasteiger partial charge >= 0.3 is 5.97 Å². The average molecular weight is 200 g/mol. The van der Waals surface area contributed by atoms with Crippen LogP contribution in [0.25, 0.3) is 0 Å². The topological polar surface area (TPSA) is 26.3 Å². The Labute approximate surface area is 88.0 Å². The summed E-state index contributed by atoms with van der Waals surface area (Å²) in [4.78, 5) is 11.1. The summed E-state index contributed by atoms with van der Waals surface area (Å²) in [5.74, 6) is -0.0921. The van der Waals surface area contributed by atoms with Crippen LogP contribution in [0.4, 0.5) is 0 Å².